The Bertz CT molecular complexity index is 842. The van der Waals surface area contributed by atoms with Gasteiger partial charge in [-0.05, 0) is 74.1 Å². The van der Waals surface area contributed by atoms with Crippen LogP contribution in [0.1, 0.15) is 30.9 Å². The average Bonchev–Trinajstić information content (AvgIpc) is 2.79. The molecule has 0 bridgehead atoms. The molecule has 2 aromatic rings. The summed E-state index contributed by atoms with van der Waals surface area (Å²) in [5.41, 5.74) is 3.84. The predicted octanol–water partition coefficient (Wildman–Crippen LogP) is 3.69. The number of fused-ring (bicyclic) bond motifs is 1. The quantitative estimate of drug-likeness (QED) is 0.776. The van der Waals surface area contributed by atoms with E-state index in [0.717, 1.165) is 43.1 Å². The van der Waals surface area contributed by atoms with Gasteiger partial charge in [-0.25, -0.2) is 0 Å². The maximum Gasteiger partial charge on any atom is 0.263 e. The van der Waals surface area contributed by atoms with Crippen molar-refractivity contribution in [2.24, 2.45) is 0 Å². The minimum atomic E-state index is -0.462. The topological polar surface area (TPSA) is 42.0 Å². The number of benzene rings is 2. The number of hydrogen-bond acceptors (Lipinski definition) is 4. The summed E-state index contributed by atoms with van der Waals surface area (Å²) < 4.78 is 11.4. The second-order valence-electron chi connectivity index (χ2n) is 7.87. The molecular weight excluding hydrogens is 364 g/mol. The number of piperazine rings is 1. The average molecular weight is 395 g/mol. The Morgan fingerprint density at radius 2 is 1.69 bits per heavy atom. The van der Waals surface area contributed by atoms with E-state index in [4.69, 9.17) is 9.47 Å². The normalized spacial score (nSPS) is 17.4. The van der Waals surface area contributed by atoms with E-state index in [1.165, 1.54) is 24.0 Å². The number of methoxy groups -OCH3 is 1. The molecule has 2 aliphatic rings. The summed E-state index contributed by atoms with van der Waals surface area (Å²) in [7, 11) is 1.67. The summed E-state index contributed by atoms with van der Waals surface area (Å²) >= 11 is 0. The van der Waals surface area contributed by atoms with Gasteiger partial charge < -0.3 is 19.3 Å². The minimum absolute atomic E-state index is 0.0767. The Morgan fingerprint density at radius 1 is 0.966 bits per heavy atom. The zero-order chi connectivity index (χ0) is 20.2. The second-order valence-corrected chi connectivity index (χ2v) is 7.87. The van der Waals surface area contributed by atoms with Gasteiger partial charge >= 0.3 is 0 Å². The van der Waals surface area contributed by atoms with Crippen LogP contribution in [0.2, 0.25) is 0 Å². The largest absolute Gasteiger partial charge is 0.497 e. The molecule has 1 aliphatic carbocycles. The van der Waals surface area contributed by atoms with Crippen molar-refractivity contribution in [3.63, 3.8) is 0 Å². The first kappa shape index (κ1) is 19.6. The lowest BCUT2D eigenvalue weighted by Gasteiger charge is -2.37. The minimum Gasteiger partial charge on any atom is -0.497 e. The molecule has 1 fully saturated rings. The third-order valence-corrected chi connectivity index (χ3v) is 6.03. The molecule has 2 aromatic carbocycles. The lowest BCUT2D eigenvalue weighted by atomic mass is 9.91. The van der Waals surface area contributed by atoms with Crippen LogP contribution in [0.4, 0.5) is 5.69 Å². The molecule has 0 radical (unpaired) electrons. The van der Waals surface area contributed by atoms with Crippen LogP contribution < -0.4 is 14.4 Å². The highest BCUT2D eigenvalue weighted by molar-refractivity contribution is 5.81. The molecule has 0 spiro atoms. The Balaban J connectivity index is 1.34. The van der Waals surface area contributed by atoms with Gasteiger partial charge in [0, 0.05) is 31.9 Å². The van der Waals surface area contributed by atoms with E-state index in [2.05, 4.69) is 23.1 Å². The van der Waals surface area contributed by atoms with Crippen LogP contribution in [0.3, 0.4) is 0 Å². The molecule has 1 amide bonds. The van der Waals surface area contributed by atoms with Gasteiger partial charge in [0.05, 0.1) is 7.11 Å². The maximum atomic E-state index is 13.0. The van der Waals surface area contributed by atoms with Gasteiger partial charge in [-0.3, -0.25) is 4.79 Å². The summed E-state index contributed by atoms with van der Waals surface area (Å²) in [6.07, 6.45) is 4.14. The molecule has 4 rings (SSSR count). The molecular formula is C24H30N2O3. The van der Waals surface area contributed by atoms with Gasteiger partial charge in [-0.15, -0.1) is 0 Å². The number of anilines is 1. The van der Waals surface area contributed by atoms with E-state index in [0.29, 0.717) is 13.1 Å². The SMILES string of the molecule is COc1ccc(N2CCN(C(=O)[C@@H](C)Oc3cccc4c3CCCC4)CC2)cc1. The number of carbonyl (C=O) groups is 1. The van der Waals surface area contributed by atoms with Crippen molar-refractivity contribution in [2.45, 2.75) is 38.7 Å². The lowest BCUT2D eigenvalue weighted by Crippen LogP contribution is -2.52. The number of amides is 1. The molecule has 154 valence electrons. The summed E-state index contributed by atoms with van der Waals surface area (Å²) in [5.74, 6) is 1.82. The Labute approximate surface area is 173 Å². The predicted molar refractivity (Wildman–Crippen MR) is 115 cm³/mol. The molecule has 1 saturated heterocycles. The van der Waals surface area contributed by atoms with Crippen LogP contribution in [0.15, 0.2) is 42.5 Å². The molecule has 0 N–H and O–H groups in total. The van der Waals surface area contributed by atoms with Gasteiger partial charge in [-0.2, -0.15) is 0 Å². The van der Waals surface area contributed by atoms with Crippen LogP contribution in [0.5, 0.6) is 11.5 Å². The van der Waals surface area contributed by atoms with Crippen LogP contribution in [0, 0.1) is 0 Å². The lowest BCUT2D eigenvalue weighted by molar-refractivity contribution is -0.138. The summed E-state index contributed by atoms with van der Waals surface area (Å²) in [5, 5.41) is 0. The number of ether oxygens (including phenoxy) is 2. The fraction of sp³-hybridized carbons (Fsp3) is 0.458. The van der Waals surface area contributed by atoms with Gasteiger partial charge in [-0.1, -0.05) is 12.1 Å². The molecule has 0 saturated carbocycles. The monoisotopic (exact) mass is 394 g/mol. The van der Waals surface area contributed by atoms with E-state index >= 15 is 0 Å². The van der Waals surface area contributed by atoms with Crippen molar-refractivity contribution >= 4 is 11.6 Å². The third-order valence-electron chi connectivity index (χ3n) is 6.03. The Hall–Kier alpha value is -2.69. The van der Waals surface area contributed by atoms with Gasteiger partial charge in [0.2, 0.25) is 0 Å². The summed E-state index contributed by atoms with van der Waals surface area (Å²) in [6.45, 7) is 4.95. The van der Waals surface area contributed by atoms with Crippen molar-refractivity contribution in [3.8, 4) is 11.5 Å². The van der Waals surface area contributed by atoms with E-state index in [1.807, 2.05) is 36.1 Å². The number of hydrogen-bond donors (Lipinski definition) is 0. The zero-order valence-electron chi connectivity index (χ0n) is 17.4. The summed E-state index contributed by atoms with van der Waals surface area (Å²) in [6, 6.07) is 14.3. The number of aryl methyl sites for hydroxylation is 1. The molecule has 5 heteroatoms. The van der Waals surface area contributed by atoms with Crippen molar-refractivity contribution < 1.29 is 14.3 Å². The van der Waals surface area contributed by atoms with Crippen LogP contribution >= 0.6 is 0 Å². The molecule has 0 unspecified atom stereocenters. The third kappa shape index (κ3) is 4.34. The van der Waals surface area contributed by atoms with Crippen LogP contribution in [-0.4, -0.2) is 50.2 Å². The van der Waals surface area contributed by atoms with E-state index in [1.54, 1.807) is 7.11 Å². The van der Waals surface area contributed by atoms with Crippen molar-refractivity contribution in [2.75, 3.05) is 38.2 Å². The molecule has 1 atom stereocenters. The van der Waals surface area contributed by atoms with Crippen molar-refractivity contribution in [1.82, 2.24) is 4.90 Å². The first-order valence-corrected chi connectivity index (χ1v) is 10.6. The van der Waals surface area contributed by atoms with Gasteiger partial charge in [0.15, 0.2) is 6.10 Å². The van der Waals surface area contributed by atoms with Gasteiger partial charge in [0.1, 0.15) is 11.5 Å². The zero-order valence-corrected chi connectivity index (χ0v) is 17.4. The van der Waals surface area contributed by atoms with Crippen LogP contribution in [-0.2, 0) is 17.6 Å². The van der Waals surface area contributed by atoms with E-state index in [-0.39, 0.29) is 5.91 Å². The maximum absolute atomic E-state index is 13.0. The number of nitrogens with zero attached hydrogens (tertiary/aromatic N) is 2. The molecule has 0 aromatic heterocycles. The molecule has 29 heavy (non-hydrogen) atoms. The van der Waals surface area contributed by atoms with E-state index in [9.17, 15) is 4.79 Å². The van der Waals surface area contributed by atoms with Gasteiger partial charge in [0.25, 0.3) is 5.91 Å². The standard InChI is InChI=1S/C24H30N2O3/c1-18(29-23-9-5-7-19-6-3-4-8-22(19)23)24(27)26-16-14-25(15-17-26)20-10-12-21(28-2)13-11-20/h5,7,9-13,18H,3-4,6,8,14-17H2,1-2H3/t18-/m1/s1. The fourth-order valence-corrected chi connectivity index (χ4v) is 4.33. The Kier molecular flexibility index (Phi) is 5.93. The smallest absolute Gasteiger partial charge is 0.263 e. The summed E-state index contributed by atoms with van der Waals surface area (Å²) in [4.78, 5) is 17.2. The van der Waals surface area contributed by atoms with Crippen molar-refractivity contribution in [3.05, 3.63) is 53.6 Å². The molecule has 1 heterocycles. The Morgan fingerprint density at radius 3 is 2.41 bits per heavy atom. The second kappa shape index (κ2) is 8.76. The highest BCUT2D eigenvalue weighted by Gasteiger charge is 2.27. The number of carbonyl (C=O) groups excluding carboxylic acids is 1. The molecule has 5 nitrogen and oxygen atoms in total. The first-order chi connectivity index (χ1) is 14.2. The van der Waals surface area contributed by atoms with E-state index < -0.39 is 6.10 Å². The highest BCUT2D eigenvalue weighted by atomic mass is 16.5. The molecule has 1 aliphatic heterocycles. The van der Waals surface area contributed by atoms with Crippen LogP contribution in [0.25, 0.3) is 0 Å². The fourth-order valence-electron chi connectivity index (χ4n) is 4.33. The highest BCUT2D eigenvalue weighted by Crippen LogP contribution is 2.30. The van der Waals surface area contributed by atoms with Crippen molar-refractivity contribution in [1.29, 1.82) is 0 Å². The first-order valence-electron chi connectivity index (χ1n) is 10.6. The number of rotatable bonds is 5.